The van der Waals surface area contributed by atoms with Crippen LogP contribution in [0.5, 0.6) is 0 Å². The third kappa shape index (κ3) is 3.79. The van der Waals surface area contributed by atoms with Crippen LogP contribution in [0, 0.1) is 5.92 Å². The Bertz CT molecular complexity index is 845. The molecule has 1 aromatic carbocycles. The Morgan fingerprint density at radius 1 is 0.963 bits per heavy atom. The molecule has 142 valence electrons. The lowest BCUT2D eigenvalue weighted by atomic mass is 9.97. The molecule has 2 fully saturated rings. The summed E-state index contributed by atoms with van der Waals surface area (Å²) in [5, 5.41) is 2.97. The molecule has 2 aromatic rings. The first-order valence-electron chi connectivity index (χ1n) is 8.84. The fraction of sp³-hybridized carbons (Fsp3) is 0.368. The van der Waals surface area contributed by atoms with E-state index in [1.54, 1.807) is 11.0 Å². The Morgan fingerprint density at radius 2 is 1.70 bits per heavy atom. The summed E-state index contributed by atoms with van der Waals surface area (Å²) in [6.07, 6.45) is 0. The standard InChI is InChI=1S/C19H19Cl2N3O2S/c20-15-4-3-14(10-16(15)21)22-5-7-23(8-6-22)18(25)13-11-24(12-13)19(26)17-2-1-9-27-17/h1-4,9-10,13H,5-8,11-12H2. The number of carbonyl (C=O) groups excluding carboxylic acids is 2. The summed E-state index contributed by atoms with van der Waals surface area (Å²) in [6.45, 7) is 3.90. The molecule has 5 nitrogen and oxygen atoms in total. The van der Waals surface area contributed by atoms with Crippen molar-refractivity contribution in [1.29, 1.82) is 0 Å². The number of hydrogen-bond donors (Lipinski definition) is 0. The minimum absolute atomic E-state index is 0.0264. The van der Waals surface area contributed by atoms with Gasteiger partial charge >= 0.3 is 0 Å². The number of halogens is 2. The molecule has 2 saturated heterocycles. The van der Waals surface area contributed by atoms with Crippen molar-refractivity contribution in [2.24, 2.45) is 5.92 Å². The van der Waals surface area contributed by atoms with Crippen LogP contribution in [0.2, 0.25) is 10.0 Å². The van der Waals surface area contributed by atoms with Gasteiger partial charge in [0.2, 0.25) is 5.91 Å². The van der Waals surface area contributed by atoms with Crippen molar-refractivity contribution >= 4 is 52.0 Å². The lowest BCUT2D eigenvalue weighted by Gasteiger charge is -2.43. The Morgan fingerprint density at radius 3 is 2.33 bits per heavy atom. The van der Waals surface area contributed by atoms with E-state index in [0.717, 1.165) is 23.7 Å². The number of benzene rings is 1. The molecule has 0 unspecified atom stereocenters. The summed E-state index contributed by atoms with van der Waals surface area (Å²) in [5.41, 5.74) is 1.02. The van der Waals surface area contributed by atoms with Crippen molar-refractivity contribution < 1.29 is 9.59 Å². The predicted molar refractivity (Wildman–Crippen MR) is 109 cm³/mol. The van der Waals surface area contributed by atoms with E-state index >= 15 is 0 Å². The van der Waals surface area contributed by atoms with Crippen LogP contribution in [-0.2, 0) is 4.79 Å². The van der Waals surface area contributed by atoms with E-state index in [2.05, 4.69) is 4.90 Å². The van der Waals surface area contributed by atoms with Gasteiger partial charge in [-0.05, 0) is 29.6 Å². The molecule has 0 N–H and O–H groups in total. The van der Waals surface area contributed by atoms with Gasteiger partial charge in [0.25, 0.3) is 5.91 Å². The van der Waals surface area contributed by atoms with E-state index in [0.29, 0.717) is 36.2 Å². The number of thiophene rings is 1. The van der Waals surface area contributed by atoms with E-state index in [9.17, 15) is 9.59 Å². The van der Waals surface area contributed by atoms with E-state index in [1.807, 2.05) is 34.5 Å². The molecule has 2 aliphatic heterocycles. The highest BCUT2D eigenvalue weighted by molar-refractivity contribution is 7.12. The quantitative estimate of drug-likeness (QED) is 0.758. The van der Waals surface area contributed by atoms with Gasteiger partial charge in [0.15, 0.2) is 0 Å². The van der Waals surface area contributed by atoms with Crippen LogP contribution in [-0.4, -0.2) is 60.9 Å². The molecule has 0 saturated carbocycles. The van der Waals surface area contributed by atoms with Crippen LogP contribution in [0.25, 0.3) is 0 Å². The maximum atomic E-state index is 12.7. The van der Waals surface area contributed by atoms with Crippen LogP contribution in [0.4, 0.5) is 5.69 Å². The second-order valence-electron chi connectivity index (χ2n) is 6.80. The Labute approximate surface area is 172 Å². The zero-order valence-corrected chi connectivity index (χ0v) is 16.9. The minimum Gasteiger partial charge on any atom is -0.368 e. The topological polar surface area (TPSA) is 43.9 Å². The third-order valence-electron chi connectivity index (χ3n) is 5.11. The van der Waals surface area contributed by atoms with Crippen molar-refractivity contribution in [3.8, 4) is 0 Å². The summed E-state index contributed by atoms with van der Waals surface area (Å²) < 4.78 is 0. The zero-order chi connectivity index (χ0) is 19.0. The molecular weight excluding hydrogens is 405 g/mol. The van der Waals surface area contributed by atoms with Crippen molar-refractivity contribution in [1.82, 2.24) is 9.80 Å². The molecule has 2 aliphatic rings. The number of piperazine rings is 1. The van der Waals surface area contributed by atoms with Crippen LogP contribution in [0.1, 0.15) is 9.67 Å². The van der Waals surface area contributed by atoms with Gasteiger partial charge in [0.1, 0.15) is 0 Å². The van der Waals surface area contributed by atoms with E-state index in [1.165, 1.54) is 11.3 Å². The fourth-order valence-corrected chi connectivity index (χ4v) is 4.46. The second kappa shape index (κ2) is 7.70. The van der Waals surface area contributed by atoms with Gasteiger partial charge in [-0.1, -0.05) is 29.3 Å². The lowest BCUT2D eigenvalue weighted by molar-refractivity contribution is -0.140. The number of amides is 2. The molecule has 0 spiro atoms. The molecule has 0 aliphatic carbocycles. The summed E-state index contributed by atoms with van der Waals surface area (Å²) in [7, 11) is 0. The highest BCUT2D eigenvalue weighted by atomic mass is 35.5. The third-order valence-corrected chi connectivity index (χ3v) is 6.71. The number of rotatable bonds is 3. The molecule has 4 rings (SSSR count). The molecule has 0 radical (unpaired) electrons. The summed E-state index contributed by atoms with van der Waals surface area (Å²) in [6, 6.07) is 9.30. The zero-order valence-electron chi connectivity index (χ0n) is 14.6. The van der Waals surface area contributed by atoms with E-state index in [-0.39, 0.29) is 17.7 Å². The normalized spacial score (nSPS) is 17.8. The summed E-state index contributed by atoms with van der Waals surface area (Å²) >= 11 is 13.5. The van der Waals surface area contributed by atoms with Crippen molar-refractivity contribution in [3.63, 3.8) is 0 Å². The average molecular weight is 424 g/mol. The van der Waals surface area contributed by atoms with E-state index in [4.69, 9.17) is 23.2 Å². The van der Waals surface area contributed by atoms with Crippen molar-refractivity contribution in [3.05, 3.63) is 50.6 Å². The molecular formula is C19H19Cl2N3O2S. The smallest absolute Gasteiger partial charge is 0.263 e. The van der Waals surface area contributed by atoms with Crippen LogP contribution in [0.3, 0.4) is 0 Å². The largest absolute Gasteiger partial charge is 0.368 e. The van der Waals surface area contributed by atoms with Gasteiger partial charge in [-0.3, -0.25) is 9.59 Å². The van der Waals surface area contributed by atoms with Gasteiger partial charge in [-0.2, -0.15) is 0 Å². The molecule has 27 heavy (non-hydrogen) atoms. The Balaban J connectivity index is 1.28. The van der Waals surface area contributed by atoms with Gasteiger partial charge in [0.05, 0.1) is 20.8 Å². The Kier molecular flexibility index (Phi) is 5.30. The van der Waals surface area contributed by atoms with Crippen molar-refractivity contribution in [2.45, 2.75) is 0 Å². The first kappa shape index (κ1) is 18.6. The van der Waals surface area contributed by atoms with Gasteiger partial charge in [-0.25, -0.2) is 0 Å². The first-order chi connectivity index (χ1) is 13.0. The Hall–Kier alpha value is -1.76. The van der Waals surface area contributed by atoms with Crippen LogP contribution < -0.4 is 4.90 Å². The molecule has 2 amide bonds. The van der Waals surface area contributed by atoms with Crippen LogP contribution >= 0.6 is 34.5 Å². The number of likely N-dealkylation sites (tertiary alicyclic amines) is 1. The SMILES string of the molecule is O=C(c1cccs1)N1CC(C(=O)N2CCN(c3ccc(Cl)c(Cl)c3)CC2)C1. The fourth-order valence-electron chi connectivity index (χ4n) is 3.48. The molecule has 0 bridgehead atoms. The molecule has 8 heteroatoms. The van der Waals surface area contributed by atoms with Crippen LogP contribution in [0.15, 0.2) is 35.7 Å². The van der Waals surface area contributed by atoms with Crippen molar-refractivity contribution in [2.75, 3.05) is 44.2 Å². The number of anilines is 1. The maximum Gasteiger partial charge on any atom is 0.263 e. The lowest BCUT2D eigenvalue weighted by Crippen LogP contribution is -2.59. The summed E-state index contributed by atoms with van der Waals surface area (Å²) in [5.74, 6) is 0.0999. The molecule has 3 heterocycles. The number of nitrogens with zero attached hydrogens (tertiary/aromatic N) is 3. The monoisotopic (exact) mass is 423 g/mol. The second-order valence-corrected chi connectivity index (χ2v) is 8.56. The summed E-state index contributed by atoms with van der Waals surface area (Å²) in [4.78, 5) is 31.6. The maximum absolute atomic E-state index is 12.7. The van der Waals surface area contributed by atoms with Gasteiger partial charge < -0.3 is 14.7 Å². The van der Waals surface area contributed by atoms with E-state index < -0.39 is 0 Å². The number of carbonyl (C=O) groups is 2. The molecule has 1 aromatic heterocycles. The van der Waals surface area contributed by atoms with Gasteiger partial charge in [-0.15, -0.1) is 11.3 Å². The average Bonchev–Trinajstić information content (AvgIpc) is 3.17. The highest BCUT2D eigenvalue weighted by Gasteiger charge is 2.39. The number of hydrogen-bond acceptors (Lipinski definition) is 4. The highest BCUT2D eigenvalue weighted by Crippen LogP contribution is 2.28. The first-order valence-corrected chi connectivity index (χ1v) is 10.5. The molecule has 0 atom stereocenters. The van der Waals surface area contributed by atoms with Gasteiger partial charge in [0, 0.05) is 45.0 Å². The minimum atomic E-state index is -0.0783. The predicted octanol–water partition coefficient (Wildman–Crippen LogP) is 3.48.